The van der Waals surface area contributed by atoms with Gasteiger partial charge in [0.15, 0.2) is 0 Å². The molecule has 0 spiro atoms. The highest BCUT2D eigenvalue weighted by molar-refractivity contribution is 5.29. The third-order valence-corrected chi connectivity index (χ3v) is 3.12. The van der Waals surface area contributed by atoms with E-state index in [4.69, 9.17) is 25.5 Å². The van der Waals surface area contributed by atoms with Crippen LogP contribution in [0.4, 0.5) is 0 Å². The van der Waals surface area contributed by atoms with Crippen molar-refractivity contribution < 1.29 is 25.5 Å². The minimum Gasteiger partial charge on any atom is -0.508 e. The molecule has 0 heterocycles. The highest BCUT2D eigenvalue weighted by atomic mass is 16.3. The topological polar surface area (TPSA) is 101 Å². The third-order valence-electron chi connectivity index (χ3n) is 3.12. The lowest BCUT2D eigenvalue weighted by atomic mass is 10.3. The SMILES string of the molecule is CC.CC.CC.CC.CC.Oc1ccc(O)cc1.Oc1ccc(O)cc1.Oc1ccccc1.c1ccccc1. The van der Waals surface area contributed by atoms with E-state index in [0.717, 1.165) is 0 Å². The van der Waals surface area contributed by atoms with Crippen molar-refractivity contribution in [1.29, 1.82) is 0 Å². The molecule has 0 amide bonds. The Morgan fingerprint density at radius 2 is 0.359 bits per heavy atom. The lowest BCUT2D eigenvalue weighted by Crippen LogP contribution is -1.61. The Kier molecular flexibility index (Phi) is 47.2. The van der Waals surface area contributed by atoms with Crippen LogP contribution in [-0.4, -0.2) is 25.5 Å². The van der Waals surface area contributed by atoms with Gasteiger partial charge in [-0.05, 0) is 60.7 Å². The summed E-state index contributed by atoms with van der Waals surface area (Å²) in [4.78, 5) is 0. The summed E-state index contributed by atoms with van der Waals surface area (Å²) in [6.07, 6.45) is 0. The molecule has 5 N–H and O–H groups in total. The van der Waals surface area contributed by atoms with Gasteiger partial charge >= 0.3 is 0 Å². The van der Waals surface area contributed by atoms with E-state index < -0.39 is 0 Å². The molecule has 0 bridgehead atoms. The van der Waals surface area contributed by atoms with Gasteiger partial charge in [0, 0.05) is 0 Å². The second-order valence-corrected chi connectivity index (χ2v) is 5.52. The summed E-state index contributed by atoms with van der Waals surface area (Å²) in [5.41, 5.74) is 0. The van der Waals surface area contributed by atoms with Crippen LogP contribution < -0.4 is 0 Å². The lowest BCUT2D eigenvalue weighted by Gasteiger charge is -1.88. The first-order valence-electron chi connectivity index (χ1n) is 13.7. The van der Waals surface area contributed by atoms with Crippen LogP contribution in [0.5, 0.6) is 28.7 Å². The van der Waals surface area contributed by atoms with E-state index in [9.17, 15) is 0 Å². The maximum absolute atomic E-state index is 8.65. The lowest BCUT2D eigenvalue weighted by molar-refractivity contribution is 0.460. The molecule has 220 valence electrons. The molecule has 5 heteroatoms. The Labute approximate surface area is 238 Å². The monoisotopic (exact) mass is 542 g/mol. The Bertz CT molecular complexity index is 768. The summed E-state index contributed by atoms with van der Waals surface area (Å²) in [7, 11) is 0. The predicted octanol–water partition coefficient (Wildman–Crippen LogP) is 10.4. The van der Waals surface area contributed by atoms with Gasteiger partial charge in [-0.25, -0.2) is 0 Å². The van der Waals surface area contributed by atoms with E-state index in [2.05, 4.69) is 0 Å². The van der Waals surface area contributed by atoms with Crippen LogP contribution in [0.3, 0.4) is 0 Å². The summed E-state index contributed by atoms with van der Waals surface area (Å²) >= 11 is 0. The second kappa shape index (κ2) is 41.0. The number of aromatic hydroxyl groups is 5. The van der Waals surface area contributed by atoms with Crippen LogP contribution >= 0.6 is 0 Å². The number of phenols is 5. The molecule has 0 aromatic heterocycles. The zero-order valence-corrected chi connectivity index (χ0v) is 25.7. The minimum atomic E-state index is 0.169. The van der Waals surface area contributed by atoms with Gasteiger partial charge in [-0.3, -0.25) is 0 Å². The van der Waals surface area contributed by atoms with Crippen molar-refractivity contribution in [3.8, 4) is 28.7 Å². The largest absolute Gasteiger partial charge is 0.508 e. The molecular formula is C34H54O5. The Morgan fingerprint density at radius 3 is 0.487 bits per heavy atom. The third kappa shape index (κ3) is 38.6. The molecule has 0 radical (unpaired) electrons. The fourth-order valence-electron chi connectivity index (χ4n) is 1.72. The van der Waals surface area contributed by atoms with Crippen molar-refractivity contribution in [3.05, 3.63) is 115 Å². The second-order valence-electron chi connectivity index (χ2n) is 5.52. The van der Waals surface area contributed by atoms with Crippen molar-refractivity contribution in [2.24, 2.45) is 0 Å². The van der Waals surface area contributed by atoms with Crippen molar-refractivity contribution in [1.82, 2.24) is 0 Å². The van der Waals surface area contributed by atoms with Gasteiger partial charge in [0.05, 0.1) is 0 Å². The average Bonchev–Trinajstić information content (AvgIpc) is 3.03. The van der Waals surface area contributed by atoms with Crippen molar-refractivity contribution >= 4 is 0 Å². The molecular weight excluding hydrogens is 488 g/mol. The van der Waals surface area contributed by atoms with E-state index in [1.54, 1.807) is 24.3 Å². The number of phenolic OH excluding ortho intramolecular Hbond substituents is 5. The maximum Gasteiger partial charge on any atom is 0.115 e. The molecule has 4 aromatic rings. The maximum atomic E-state index is 8.65. The molecule has 0 saturated carbocycles. The highest BCUT2D eigenvalue weighted by Crippen LogP contribution is 2.13. The molecule has 4 aromatic carbocycles. The zero-order chi connectivity index (χ0) is 31.3. The van der Waals surface area contributed by atoms with Crippen LogP contribution in [0.1, 0.15) is 69.2 Å². The zero-order valence-electron chi connectivity index (χ0n) is 25.7. The van der Waals surface area contributed by atoms with Gasteiger partial charge < -0.3 is 25.5 Å². The van der Waals surface area contributed by atoms with E-state index in [1.807, 2.05) is 112 Å². The van der Waals surface area contributed by atoms with Gasteiger partial charge in [-0.15, -0.1) is 0 Å². The Hall–Kier alpha value is -4.12. The first kappa shape index (κ1) is 44.8. The average molecular weight is 543 g/mol. The van der Waals surface area contributed by atoms with Crippen molar-refractivity contribution in [2.75, 3.05) is 0 Å². The number of hydrogen-bond donors (Lipinski definition) is 5. The number of para-hydroxylation sites is 1. The van der Waals surface area contributed by atoms with Crippen LogP contribution in [0.25, 0.3) is 0 Å². The molecule has 0 fully saturated rings. The Balaban J connectivity index is -0.000000119. The summed E-state index contributed by atoms with van der Waals surface area (Å²) < 4.78 is 0. The van der Waals surface area contributed by atoms with Gasteiger partial charge in [0.25, 0.3) is 0 Å². The van der Waals surface area contributed by atoms with Crippen molar-refractivity contribution in [2.45, 2.75) is 69.2 Å². The molecule has 0 aliphatic rings. The predicted molar refractivity (Wildman–Crippen MR) is 171 cm³/mol. The molecule has 5 nitrogen and oxygen atoms in total. The van der Waals surface area contributed by atoms with E-state index >= 15 is 0 Å². The quantitative estimate of drug-likeness (QED) is 0.142. The molecule has 39 heavy (non-hydrogen) atoms. The first-order chi connectivity index (χ1) is 19.0. The number of benzene rings is 4. The highest BCUT2D eigenvalue weighted by Gasteiger charge is 1.85. The molecule has 0 aliphatic heterocycles. The van der Waals surface area contributed by atoms with Crippen LogP contribution in [-0.2, 0) is 0 Å². The van der Waals surface area contributed by atoms with Crippen molar-refractivity contribution in [3.63, 3.8) is 0 Å². The molecule has 0 atom stereocenters. The fraction of sp³-hybridized carbons (Fsp3) is 0.294. The minimum absolute atomic E-state index is 0.169. The molecule has 4 rings (SSSR count). The van der Waals surface area contributed by atoms with Gasteiger partial charge in [-0.1, -0.05) is 124 Å². The summed E-state index contributed by atoms with van der Waals surface area (Å²) in [5, 5.41) is 43.2. The summed E-state index contributed by atoms with van der Waals surface area (Å²) in [6.45, 7) is 20.0. The standard InChI is InChI=1S/2C6H6O2.C6H6O.C6H6.5C2H6/c2*7-5-1-2-6(8)4-3-5;7-6-4-2-1-3-5-6;1-2-4-6-5-3-1;5*1-2/h2*1-4,7-8H;1-5,7H;1-6H;5*1-2H3. The van der Waals surface area contributed by atoms with E-state index in [0.29, 0.717) is 5.75 Å². The summed E-state index contributed by atoms with van der Waals surface area (Å²) in [5.74, 6) is 0.999. The first-order valence-corrected chi connectivity index (χ1v) is 13.7. The summed E-state index contributed by atoms with van der Waals surface area (Å²) in [6, 6.07) is 32.1. The van der Waals surface area contributed by atoms with Gasteiger partial charge in [0.2, 0.25) is 0 Å². The van der Waals surface area contributed by atoms with Crippen LogP contribution in [0.2, 0.25) is 0 Å². The molecule has 0 unspecified atom stereocenters. The number of rotatable bonds is 0. The van der Waals surface area contributed by atoms with Gasteiger partial charge in [0.1, 0.15) is 28.7 Å². The fourth-order valence-corrected chi connectivity index (χ4v) is 1.72. The Morgan fingerprint density at radius 1 is 0.231 bits per heavy atom. The number of hydrogen-bond acceptors (Lipinski definition) is 5. The van der Waals surface area contributed by atoms with Crippen LogP contribution in [0, 0.1) is 0 Å². The van der Waals surface area contributed by atoms with E-state index in [1.165, 1.54) is 48.5 Å². The molecule has 0 aliphatic carbocycles. The van der Waals surface area contributed by atoms with Crippen LogP contribution in [0.15, 0.2) is 115 Å². The smallest absolute Gasteiger partial charge is 0.115 e. The molecule has 0 saturated heterocycles. The normalized spacial score (nSPS) is 7.23. The van der Waals surface area contributed by atoms with E-state index in [-0.39, 0.29) is 23.0 Å². The van der Waals surface area contributed by atoms with Gasteiger partial charge in [-0.2, -0.15) is 0 Å².